The molecule has 0 amide bonds. The highest BCUT2D eigenvalue weighted by Crippen LogP contribution is 2.24. The van der Waals surface area contributed by atoms with Crippen molar-refractivity contribution in [3.05, 3.63) is 42.0 Å². The fourth-order valence-corrected chi connectivity index (χ4v) is 1.68. The van der Waals surface area contributed by atoms with E-state index in [4.69, 9.17) is 9.47 Å². The molecule has 0 radical (unpaired) electrons. The highest BCUT2D eigenvalue weighted by Gasteiger charge is 2.09. The minimum absolute atomic E-state index is 0.323. The van der Waals surface area contributed by atoms with Crippen molar-refractivity contribution in [2.45, 2.75) is 0 Å². The number of ether oxygens (including phenoxy) is 2. The molecule has 3 heteroatoms. The van der Waals surface area contributed by atoms with E-state index in [9.17, 15) is 4.79 Å². The Hall–Kier alpha value is -2.03. The summed E-state index contributed by atoms with van der Waals surface area (Å²) < 4.78 is 9.86. The van der Waals surface area contributed by atoms with Crippen LogP contribution in [0.25, 0.3) is 10.8 Å². The van der Waals surface area contributed by atoms with E-state index in [1.54, 1.807) is 13.2 Å². The van der Waals surface area contributed by atoms with Gasteiger partial charge in [0.1, 0.15) is 5.75 Å². The van der Waals surface area contributed by atoms with Crippen LogP contribution in [-0.2, 0) is 4.74 Å². The number of hydrogen-bond acceptors (Lipinski definition) is 3. The van der Waals surface area contributed by atoms with Gasteiger partial charge < -0.3 is 9.47 Å². The molecule has 0 saturated carbocycles. The summed E-state index contributed by atoms with van der Waals surface area (Å²) in [5, 5.41) is 1.83. The second-order valence-corrected chi connectivity index (χ2v) is 3.38. The molecule has 0 aliphatic carbocycles. The minimum atomic E-state index is -0.323. The van der Waals surface area contributed by atoms with Crippen molar-refractivity contribution < 1.29 is 14.3 Å². The van der Waals surface area contributed by atoms with Gasteiger partial charge in [-0.25, -0.2) is 4.79 Å². The highest BCUT2D eigenvalue weighted by molar-refractivity contribution is 6.04. The SMILES string of the molecule is COC(=O)c1cccc2cc(OC)ccc12. The van der Waals surface area contributed by atoms with E-state index in [0.29, 0.717) is 5.56 Å². The van der Waals surface area contributed by atoms with Crippen LogP contribution >= 0.6 is 0 Å². The number of esters is 1. The lowest BCUT2D eigenvalue weighted by atomic mass is 10.0. The second kappa shape index (κ2) is 4.23. The van der Waals surface area contributed by atoms with Crippen molar-refractivity contribution in [3.8, 4) is 5.75 Å². The molecule has 0 aliphatic heterocycles. The molecular weight excluding hydrogens is 204 g/mol. The zero-order valence-corrected chi connectivity index (χ0v) is 9.19. The number of carbonyl (C=O) groups excluding carboxylic acids is 1. The number of carbonyl (C=O) groups is 1. The normalized spacial score (nSPS) is 10.1. The van der Waals surface area contributed by atoms with Crippen molar-refractivity contribution in [1.82, 2.24) is 0 Å². The maximum Gasteiger partial charge on any atom is 0.338 e. The average Bonchev–Trinajstić information content (AvgIpc) is 2.36. The number of fused-ring (bicyclic) bond motifs is 1. The number of methoxy groups -OCH3 is 2. The average molecular weight is 216 g/mol. The summed E-state index contributed by atoms with van der Waals surface area (Å²) in [6.07, 6.45) is 0. The molecule has 0 heterocycles. The Morgan fingerprint density at radius 1 is 1.12 bits per heavy atom. The summed E-state index contributed by atoms with van der Waals surface area (Å²) >= 11 is 0. The third kappa shape index (κ3) is 1.72. The molecule has 82 valence electrons. The molecule has 16 heavy (non-hydrogen) atoms. The van der Waals surface area contributed by atoms with E-state index in [0.717, 1.165) is 16.5 Å². The van der Waals surface area contributed by atoms with Gasteiger partial charge in [0.25, 0.3) is 0 Å². The van der Waals surface area contributed by atoms with Crippen LogP contribution in [0.4, 0.5) is 0 Å². The fraction of sp³-hybridized carbons (Fsp3) is 0.154. The van der Waals surface area contributed by atoms with Crippen LogP contribution < -0.4 is 4.74 Å². The highest BCUT2D eigenvalue weighted by atomic mass is 16.5. The zero-order chi connectivity index (χ0) is 11.5. The molecule has 0 spiro atoms. The van der Waals surface area contributed by atoms with Crippen molar-refractivity contribution in [2.75, 3.05) is 14.2 Å². The van der Waals surface area contributed by atoms with E-state index in [2.05, 4.69) is 0 Å². The molecule has 2 rings (SSSR count). The summed E-state index contributed by atoms with van der Waals surface area (Å²) in [6, 6.07) is 11.1. The monoisotopic (exact) mass is 216 g/mol. The predicted molar refractivity (Wildman–Crippen MR) is 61.8 cm³/mol. The van der Waals surface area contributed by atoms with Crippen LogP contribution in [0.5, 0.6) is 5.75 Å². The molecule has 0 aromatic heterocycles. The van der Waals surface area contributed by atoms with Gasteiger partial charge >= 0.3 is 5.97 Å². The first-order valence-corrected chi connectivity index (χ1v) is 4.91. The molecule has 2 aromatic carbocycles. The zero-order valence-electron chi connectivity index (χ0n) is 9.19. The fourth-order valence-electron chi connectivity index (χ4n) is 1.68. The molecular formula is C13H12O3. The summed E-state index contributed by atoms with van der Waals surface area (Å²) in [4.78, 5) is 11.5. The maximum atomic E-state index is 11.5. The van der Waals surface area contributed by atoms with E-state index in [1.165, 1.54) is 7.11 Å². The summed E-state index contributed by atoms with van der Waals surface area (Å²) in [5.74, 6) is 0.449. The van der Waals surface area contributed by atoms with Crippen molar-refractivity contribution >= 4 is 16.7 Å². The number of hydrogen-bond donors (Lipinski definition) is 0. The number of benzene rings is 2. The topological polar surface area (TPSA) is 35.5 Å². The lowest BCUT2D eigenvalue weighted by Crippen LogP contribution is -2.01. The standard InChI is InChI=1S/C13H12O3/c1-15-10-6-7-11-9(8-10)4-3-5-12(11)13(14)16-2/h3-8H,1-2H3. The van der Waals surface area contributed by atoms with Crippen molar-refractivity contribution in [2.24, 2.45) is 0 Å². The summed E-state index contributed by atoms with van der Waals surface area (Å²) in [7, 11) is 3.00. The van der Waals surface area contributed by atoms with Gasteiger partial charge in [0.05, 0.1) is 19.8 Å². The van der Waals surface area contributed by atoms with Crippen LogP contribution in [0.3, 0.4) is 0 Å². The van der Waals surface area contributed by atoms with E-state index in [-0.39, 0.29) is 5.97 Å². The first-order chi connectivity index (χ1) is 7.76. The summed E-state index contributed by atoms with van der Waals surface area (Å²) in [6.45, 7) is 0. The Balaban J connectivity index is 2.65. The lowest BCUT2D eigenvalue weighted by Gasteiger charge is -2.06. The Labute approximate surface area is 93.6 Å². The van der Waals surface area contributed by atoms with Gasteiger partial charge in [0.2, 0.25) is 0 Å². The quantitative estimate of drug-likeness (QED) is 0.724. The van der Waals surface area contributed by atoms with Gasteiger partial charge in [-0.15, -0.1) is 0 Å². The molecule has 0 fully saturated rings. The Morgan fingerprint density at radius 3 is 2.62 bits per heavy atom. The minimum Gasteiger partial charge on any atom is -0.497 e. The maximum absolute atomic E-state index is 11.5. The molecule has 0 atom stereocenters. The van der Waals surface area contributed by atoms with Crippen LogP contribution in [0.15, 0.2) is 36.4 Å². The van der Waals surface area contributed by atoms with Gasteiger partial charge in [-0.1, -0.05) is 12.1 Å². The first kappa shape index (κ1) is 10.5. The molecule has 2 aromatic rings. The first-order valence-electron chi connectivity index (χ1n) is 4.91. The van der Waals surface area contributed by atoms with Gasteiger partial charge in [0.15, 0.2) is 0 Å². The summed E-state index contributed by atoms with van der Waals surface area (Å²) in [5.41, 5.74) is 0.572. The third-order valence-corrected chi connectivity index (χ3v) is 2.49. The van der Waals surface area contributed by atoms with Gasteiger partial charge in [-0.2, -0.15) is 0 Å². The molecule has 0 unspecified atom stereocenters. The van der Waals surface area contributed by atoms with Crippen LogP contribution in [0.2, 0.25) is 0 Å². The molecule has 0 aliphatic rings. The molecule has 0 N–H and O–H groups in total. The van der Waals surface area contributed by atoms with E-state index in [1.807, 2.05) is 30.3 Å². The van der Waals surface area contributed by atoms with E-state index < -0.39 is 0 Å². The van der Waals surface area contributed by atoms with Crippen LogP contribution in [0.1, 0.15) is 10.4 Å². The van der Waals surface area contributed by atoms with Crippen molar-refractivity contribution in [3.63, 3.8) is 0 Å². The third-order valence-electron chi connectivity index (χ3n) is 2.49. The Kier molecular flexibility index (Phi) is 2.77. The van der Waals surface area contributed by atoms with Gasteiger partial charge in [-0.3, -0.25) is 0 Å². The lowest BCUT2D eigenvalue weighted by molar-refractivity contribution is 0.0603. The van der Waals surface area contributed by atoms with E-state index >= 15 is 0 Å². The molecule has 0 saturated heterocycles. The predicted octanol–water partition coefficient (Wildman–Crippen LogP) is 2.64. The number of rotatable bonds is 2. The van der Waals surface area contributed by atoms with Crippen LogP contribution in [0, 0.1) is 0 Å². The van der Waals surface area contributed by atoms with Crippen LogP contribution in [-0.4, -0.2) is 20.2 Å². The Morgan fingerprint density at radius 2 is 1.94 bits per heavy atom. The van der Waals surface area contributed by atoms with Crippen molar-refractivity contribution in [1.29, 1.82) is 0 Å². The molecule has 0 bridgehead atoms. The smallest absolute Gasteiger partial charge is 0.338 e. The Bertz CT molecular complexity index is 532. The second-order valence-electron chi connectivity index (χ2n) is 3.38. The van der Waals surface area contributed by atoms with Gasteiger partial charge in [-0.05, 0) is 35.0 Å². The largest absolute Gasteiger partial charge is 0.497 e. The van der Waals surface area contributed by atoms with Gasteiger partial charge in [0, 0.05) is 0 Å². The molecule has 3 nitrogen and oxygen atoms in total.